The second kappa shape index (κ2) is 5.31. The Kier molecular flexibility index (Phi) is 4.28. The predicted molar refractivity (Wildman–Crippen MR) is 72.3 cm³/mol. The second-order valence-electron chi connectivity index (χ2n) is 5.31. The van der Waals surface area contributed by atoms with Gasteiger partial charge in [-0.25, -0.2) is 9.97 Å². The van der Waals surface area contributed by atoms with Crippen molar-refractivity contribution in [3.63, 3.8) is 0 Å². The third kappa shape index (κ3) is 4.56. The molecule has 0 spiro atoms. The summed E-state index contributed by atoms with van der Waals surface area (Å²) in [6, 6.07) is 2.34. The minimum atomic E-state index is -0.255. The molecule has 1 aromatic heterocycles. The number of anilines is 2. The number of nitrogens with zero attached hydrogens (tertiary/aromatic N) is 3. The van der Waals surface area contributed by atoms with Gasteiger partial charge in [0.2, 0.25) is 0 Å². The van der Waals surface area contributed by atoms with E-state index in [1.165, 1.54) is 0 Å². The van der Waals surface area contributed by atoms with E-state index in [0.29, 0.717) is 12.6 Å². The Labute approximate surface area is 103 Å². The molecule has 0 bridgehead atoms. The van der Waals surface area contributed by atoms with Gasteiger partial charge in [-0.05, 0) is 27.7 Å². The first-order valence-electron chi connectivity index (χ1n) is 5.87. The molecule has 0 aromatic carbocycles. The predicted octanol–water partition coefficient (Wildman–Crippen LogP) is 1.47. The third-order valence-electron chi connectivity index (χ3n) is 2.51. The fourth-order valence-electron chi connectivity index (χ4n) is 1.22. The lowest BCUT2D eigenvalue weighted by atomic mass is 10.1. The van der Waals surface area contributed by atoms with Crippen molar-refractivity contribution in [3.05, 3.63) is 12.4 Å². The number of hydrogen-bond donors (Lipinski definition) is 2. The summed E-state index contributed by atoms with van der Waals surface area (Å²) >= 11 is 0. The van der Waals surface area contributed by atoms with Crippen LogP contribution >= 0.6 is 0 Å². The van der Waals surface area contributed by atoms with E-state index in [1.807, 2.05) is 27.0 Å². The summed E-state index contributed by atoms with van der Waals surface area (Å²) in [5, 5.41) is 3.22. The van der Waals surface area contributed by atoms with E-state index in [4.69, 9.17) is 5.73 Å². The van der Waals surface area contributed by atoms with Crippen LogP contribution in [-0.4, -0.2) is 35.1 Å². The first kappa shape index (κ1) is 13.7. The van der Waals surface area contributed by atoms with Crippen molar-refractivity contribution in [3.8, 4) is 0 Å². The Morgan fingerprint density at radius 3 is 2.59 bits per heavy atom. The van der Waals surface area contributed by atoms with Crippen molar-refractivity contribution in [2.75, 3.05) is 23.8 Å². The number of nitrogens with one attached hydrogen (secondary N) is 1. The van der Waals surface area contributed by atoms with Gasteiger partial charge in [0.15, 0.2) is 0 Å². The molecule has 96 valence electrons. The number of aromatic nitrogens is 2. The Hall–Kier alpha value is -1.36. The summed E-state index contributed by atoms with van der Waals surface area (Å²) in [6.07, 6.45) is 1.57. The molecule has 0 unspecified atom stereocenters. The lowest BCUT2D eigenvalue weighted by Crippen LogP contribution is -2.39. The van der Waals surface area contributed by atoms with E-state index in [0.717, 1.165) is 11.6 Å². The van der Waals surface area contributed by atoms with Gasteiger partial charge in [-0.2, -0.15) is 0 Å². The monoisotopic (exact) mass is 237 g/mol. The van der Waals surface area contributed by atoms with E-state index in [9.17, 15) is 0 Å². The zero-order valence-electron chi connectivity index (χ0n) is 11.4. The highest BCUT2D eigenvalue weighted by molar-refractivity contribution is 5.48. The molecule has 17 heavy (non-hydrogen) atoms. The van der Waals surface area contributed by atoms with Crippen LogP contribution in [0.15, 0.2) is 12.4 Å². The summed E-state index contributed by atoms with van der Waals surface area (Å²) in [4.78, 5) is 10.5. The second-order valence-corrected chi connectivity index (χ2v) is 5.31. The molecular formula is C12H23N5. The number of rotatable bonds is 5. The number of nitrogens with two attached hydrogens (primary N) is 1. The normalized spacial score (nSPS) is 11.7. The fraction of sp³-hybridized carbons (Fsp3) is 0.667. The van der Waals surface area contributed by atoms with E-state index in [2.05, 4.69) is 34.0 Å². The average Bonchev–Trinajstić information content (AvgIpc) is 2.24. The smallest absolute Gasteiger partial charge is 0.134 e. The summed E-state index contributed by atoms with van der Waals surface area (Å²) in [7, 11) is 2.02. The first-order chi connectivity index (χ1) is 7.79. The zero-order chi connectivity index (χ0) is 13.1. The minimum Gasteiger partial charge on any atom is -0.368 e. The Balaban J connectivity index is 2.73. The van der Waals surface area contributed by atoms with E-state index in [1.54, 1.807) is 6.33 Å². The van der Waals surface area contributed by atoms with E-state index >= 15 is 0 Å². The lowest BCUT2D eigenvalue weighted by Gasteiger charge is -2.23. The van der Waals surface area contributed by atoms with Crippen LogP contribution in [0.3, 0.4) is 0 Å². The molecule has 0 saturated heterocycles. The molecule has 5 nitrogen and oxygen atoms in total. The SMILES string of the molecule is CC(C)N(C)c1cc(NCC(C)(C)N)ncn1. The lowest BCUT2D eigenvalue weighted by molar-refractivity contribution is 0.548. The molecule has 0 fully saturated rings. The molecule has 0 amide bonds. The molecule has 5 heteroatoms. The summed E-state index contributed by atoms with van der Waals surface area (Å²) in [6.45, 7) is 8.87. The maximum atomic E-state index is 5.91. The molecule has 0 atom stereocenters. The van der Waals surface area contributed by atoms with E-state index in [-0.39, 0.29) is 5.54 Å². The van der Waals surface area contributed by atoms with Gasteiger partial charge in [0.05, 0.1) is 0 Å². The maximum Gasteiger partial charge on any atom is 0.134 e. The van der Waals surface area contributed by atoms with Gasteiger partial charge in [0.1, 0.15) is 18.0 Å². The largest absolute Gasteiger partial charge is 0.368 e. The van der Waals surface area contributed by atoms with Crippen molar-refractivity contribution in [1.29, 1.82) is 0 Å². The standard InChI is InChI=1S/C12H23N5/c1-9(2)17(5)11-6-10(15-8-16-11)14-7-12(3,4)13/h6,8-9H,7,13H2,1-5H3,(H,14,15,16). The molecule has 1 heterocycles. The van der Waals surface area contributed by atoms with Crippen LogP contribution in [0.25, 0.3) is 0 Å². The summed E-state index contributed by atoms with van der Waals surface area (Å²) in [5.74, 6) is 1.72. The van der Waals surface area contributed by atoms with Crippen LogP contribution in [0.1, 0.15) is 27.7 Å². The minimum absolute atomic E-state index is 0.255. The first-order valence-corrected chi connectivity index (χ1v) is 5.87. The van der Waals surface area contributed by atoms with Gasteiger partial charge >= 0.3 is 0 Å². The molecule has 0 aliphatic heterocycles. The highest BCUT2D eigenvalue weighted by Gasteiger charge is 2.11. The quantitative estimate of drug-likeness (QED) is 0.811. The van der Waals surface area contributed by atoms with Crippen molar-refractivity contribution < 1.29 is 0 Å². The number of hydrogen-bond acceptors (Lipinski definition) is 5. The Morgan fingerprint density at radius 2 is 2.06 bits per heavy atom. The third-order valence-corrected chi connectivity index (χ3v) is 2.51. The highest BCUT2D eigenvalue weighted by atomic mass is 15.2. The molecular weight excluding hydrogens is 214 g/mol. The van der Waals surface area contributed by atoms with Crippen molar-refractivity contribution in [2.45, 2.75) is 39.3 Å². The van der Waals surface area contributed by atoms with Gasteiger partial charge in [-0.15, -0.1) is 0 Å². The fourth-order valence-corrected chi connectivity index (χ4v) is 1.22. The summed E-state index contributed by atoms with van der Waals surface area (Å²) in [5.41, 5.74) is 5.66. The molecule has 1 aromatic rings. The molecule has 3 N–H and O–H groups in total. The Morgan fingerprint density at radius 1 is 1.41 bits per heavy atom. The van der Waals surface area contributed by atoms with Gasteiger partial charge < -0.3 is 16.0 Å². The highest BCUT2D eigenvalue weighted by Crippen LogP contribution is 2.15. The van der Waals surface area contributed by atoms with Gasteiger partial charge in [-0.3, -0.25) is 0 Å². The van der Waals surface area contributed by atoms with Gasteiger partial charge in [0.25, 0.3) is 0 Å². The van der Waals surface area contributed by atoms with Crippen molar-refractivity contribution >= 4 is 11.6 Å². The molecule has 1 rings (SSSR count). The average molecular weight is 237 g/mol. The molecule has 0 aliphatic carbocycles. The van der Waals surface area contributed by atoms with Crippen molar-refractivity contribution in [1.82, 2.24) is 9.97 Å². The topological polar surface area (TPSA) is 67.1 Å². The van der Waals surface area contributed by atoms with Gasteiger partial charge in [0, 0.05) is 31.2 Å². The van der Waals surface area contributed by atoms with Crippen LogP contribution in [0.4, 0.5) is 11.6 Å². The van der Waals surface area contributed by atoms with Crippen molar-refractivity contribution in [2.24, 2.45) is 5.73 Å². The maximum absolute atomic E-state index is 5.91. The van der Waals surface area contributed by atoms with Crippen LogP contribution in [0.2, 0.25) is 0 Å². The zero-order valence-corrected chi connectivity index (χ0v) is 11.4. The van der Waals surface area contributed by atoms with E-state index < -0.39 is 0 Å². The Bertz CT molecular complexity index is 356. The van der Waals surface area contributed by atoms with Crippen LogP contribution < -0.4 is 16.0 Å². The molecule has 0 saturated carbocycles. The molecule has 0 radical (unpaired) electrons. The van der Waals surface area contributed by atoms with Crippen LogP contribution in [-0.2, 0) is 0 Å². The summed E-state index contributed by atoms with van der Waals surface area (Å²) < 4.78 is 0. The van der Waals surface area contributed by atoms with Crippen LogP contribution in [0, 0.1) is 0 Å². The molecule has 0 aliphatic rings. The van der Waals surface area contributed by atoms with Crippen LogP contribution in [0.5, 0.6) is 0 Å². The van der Waals surface area contributed by atoms with Gasteiger partial charge in [-0.1, -0.05) is 0 Å².